The first-order chi connectivity index (χ1) is 5.80. The van der Waals surface area contributed by atoms with E-state index in [4.69, 9.17) is 14.2 Å². The molecule has 0 saturated carbocycles. The molecule has 2 aliphatic heterocycles. The number of rotatable bonds is 3. The van der Waals surface area contributed by atoms with Gasteiger partial charge in [0.2, 0.25) is 0 Å². The van der Waals surface area contributed by atoms with Crippen LogP contribution in [0.1, 0.15) is 12.8 Å². The van der Waals surface area contributed by atoms with E-state index in [9.17, 15) is 0 Å². The van der Waals surface area contributed by atoms with Gasteiger partial charge in [0.25, 0.3) is 0 Å². The molecule has 1 saturated heterocycles. The Morgan fingerprint density at radius 1 is 1.50 bits per heavy atom. The molecular formula is C9H14O3. The van der Waals surface area contributed by atoms with Crippen molar-refractivity contribution in [1.82, 2.24) is 0 Å². The van der Waals surface area contributed by atoms with Crippen molar-refractivity contribution in [2.24, 2.45) is 0 Å². The molecule has 12 heavy (non-hydrogen) atoms. The second-order valence-electron chi connectivity index (χ2n) is 3.31. The lowest BCUT2D eigenvalue weighted by Gasteiger charge is -2.29. The Morgan fingerprint density at radius 3 is 2.58 bits per heavy atom. The van der Waals surface area contributed by atoms with E-state index < -0.39 is 0 Å². The maximum atomic E-state index is 5.74. The van der Waals surface area contributed by atoms with Crippen molar-refractivity contribution in [3.63, 3.8) is 0 Å². The van der Waals surface area contributed by atoms with Crippen LogP contribution in [-0.2, 0) is 14.2 Å². The Hall–Kier alpha value is -0.380. The van der Waals surface area contributed by atoms with Crippen LogP contribution in [0.2, 0.25) is 0 Å². The third kappa shape index (κ3) is 1.01. The second-order valence-corrected chi connectivity index (χ2v) is 3.31. The topological polar surface area (TPSA) is 27.7 Å². The van der Waals surface area contributed by atoms with Crippen molar-refractivity contribution < 1.29 is 14.2 Å². The number of hydrogen-bond acceptors (Lipinski definition) is 3. The Balaban J connectivity index is 2.15. The second kappa shape index (κ2) is 2.83. The van der Waals surface area contributed by atoms with Crippen LogP contribution in [0.3, 0.4) is 0 Å². The summed E-state index contributed by atoms with van der Waals surface area (Å²) in [5.74, 6) is 0. The molecule has 2 bridgehead atoms. The van der Waals surface area contributed by atoms with E-state index in [0.29, 0.717) is 0 Å². The smallest absolute Gasteiger partial charge is 0.189 e. The number of hydrogen-bond donors (Lipinski definition) is 0. The Kier molecular flexibility index (Phi) is 1.94. The van der Waals surface area contributed by atoms with Crippen molar-refractivity contribution >= 4 is 0 Å². The van der Waals surface area contributed by atoms with Gasteiger partial charge in [0.1, 0.15) is 5.60 Å². The summed E-state index contributed by atoms with van der Waals surface area (Å²) in [5, 5.41) is 0. The zero-order valence-corrected chi connectivity index (χ0v) is 7.45. The van der Waals surface area contributed by atoms with Crippen molar-refractivity contribution in [2.75, 3.05) is 14.2 Å². The number of ether oxygens (including phenoxy) is 3. The molecule has 68 valence electrons. The third-order valence-corrected chi connectivity index (χ3v) is 2.61. The molecule has 1 fully saturated rings. The fourth-order valence-electron chi connectivity index (χ4n) is 2.04. The average molecular weight is 170 g/mol. The van der Waals surface area contributed by atoms with Crippen molar-refractivity contribution in [2.45, 2.75) is 30.8 Å². The third-order valence-electron chi connectivity index (χ3n) is 2.61. The van der Waals surface area contributed by atoms with Gasteiger partial charge in [-0.05, 0) is 18.9 Å². The van der Waals surface area contributed by atoms with Crippen LogP contribution in [0.25, 0.3) is 0 Å². The van der Waals surface area contributed by atoms with Crippen LogP contribution in [0, 0.1) is 0 Å². The van der Waals surface area contributed by atoms with Crippen LogP contribution in [0.4, 0.5) is 0 Å². The summed E-state index contributed by atoms with van der Waals surface area (Å²) < 4.78 is 16.2. The maximum absolute atomic E-state index is 5.74. The molecule has 0 aliphatic carbocycles. The molecule has 0 amide bonds. The highest BCUT2D eigenvalue weighted by molar-refractivity contribution is 5.18. The van der Waals surface area contributed by atoms with Gasteiger partial charge in [-0.25, -0.2) is 0 Å². The van der Waals surface area contributed by atoms with Crippen molar-refractivity contribution in [1.29, 1.82) is 0 Å². The maximum Gasteiger partial charge on any atom is 0.189 e. The summed E-state index contributed by atoms with van der Waals surface area (Å²) in [6, 6.07) is 0. The fraction of sp³-hybridized carbons (Fsp3) is 0.778. The molecule has 2 atom stereocenters. The summed E-state index contributed by atoms with van der Waals surface area (Å²) in [7, 11) is 3.29. The molecule has 3 heteroatoms. The summed E-state index contributed by atoms with van der Waals surface area (Å²) in [4.78, 5) is 0. The predicted molar refractivity (Wildman–Crippen MR) is 43.8 cm³/mol. The Labute approximate surface area is 72.3 Å². The van der Waals surface area contributed by atoms with E-state index in [1.807, 2.05) is 0 Å². The summed E-state index contributed by atoms with van der Waals surface area (Å²) in [6.45, 7) is 0. The lowest BCUT2D eigenvalue weighted by atomic mass is 9.94. The summed E-state index contributed by atoms with van der Waals surface area (Å²) >= 11 is 0. The SMILES string of the molecule is COC(OC)C12C=CC(CC1)O2. The van der Waals surface area contributed by atoms with Gasteiger partial charge in [0, 0.05) is 14.2 Å². The molecule has 2 unspecified atom stereocenters. The van der Waals surface area contributed by atoms with Gasteiger partial charge in [-0.1, -0.05) is 6.08 Å². The first-order valence-electron chi connectivity index (χ1n) is 4.23. The molecule has 0 aromatic heterocycles. The van der Waals surface area contributed by atoms with Gasteiger partial charge in [0.05, 0.1) is 6.10 Å². The summed E-state index contributed by atoms with van der Waals surface area (Å²) in [5.41, 5.74) is -0.297. The van der Waals surface area contributed by atoms with Gasteiger partial charge in [-0.15, -0.1) is 0 Å². The quantitative estimate of drug-likeness (QED) is 0.469. The highest BCUT2D eigenvalue weighted by atomic mass is 16.7. The highest BCUT2D eigenvalue weighted by Crippen LogP contribution is 2.41. The molecule has 0 aromatic rings. The van der Waals surface area contributed by atoms with Crippen LogP contribution in [0.5, 0.6) is 0 Å². The van der Waals surface area contributed by atoms with E-state index >= 15 is 0 Å². The molecule has 0 spiro atoms. The standard InChI is InChI=1S/C9H14O3/c1-10-8(11-2)9-5-3-7(12-9)4-6-9/h3,5,7-8H,4,6H2,1-2H3. The van der Waals surface area contributed by atoms with E-state index in [0.717, 1.165) is 12.8 Å². The van der Waals surface area contributed by atoms with Gasteiger partial charge in [-0.2, -0.15) is 0 Å². The molecule has 2 rings (SSSR count). The zero-order chi connectivity index (χ0) is 8.60. The molecule has 0 aromatic carbocycles. The molecule has 2 heterocycles. The van der Waals surface area contributed by atoms with E-state index in [-0.39, 0.29) is 18.0 Å². The molecule has 0 radical (unpaired) electrons. The van der Waals surface area contributed by atoms with E-state index in [2.05, 4.69) is 12.2 Å². The molecule has 0 N–H and O–H groups in total. The monoisotopic (exact) mass is 170 g/mol. The highest BCUT2D eigenvalue weighted by Gasteiger charge is 2.48. The number of methoxy groups -OCH3 is 2. The van der Waals surface area contributed by atoms with E-state index in [1.165, 1.54) is 0 Å². The summed E-state index contributed by atoms with van der Waals surface area (Å²) in [6.07, 6.45) is 6.27. The van der Waals surface area contributed by atoms with Gasteiger partial charge in [0.15, 0.2) is 6.29 Å². The molecular weight excluding hydrogens is 156 g/mol. The normalized spacial score (nSPS) is 38.4. The van der Waals surface area contributed by atoms with E-state index in [1.54, 1.807) is 14.2 Å². The average Bonchev–Trinajstić information content (AvgIpc) is 2.66. The van der Waals surface area contributed by atoms with Crippen molar-refractivity contribution in [3.05, 3.63) is 12.2 Å². The van der Waals surface area contributed by atoms with Crippen LogP contribution >= 0.6 is 0 Å². The first-order valence-corrected chi connectivity index (χ1v) is 4.23. The predicted octanol–water partition coefficient (Wildman–Crippen LogP) is 1.09. The minimum absolute atomic E-state index is 0.263. The minimum atomic E-state index is -0.297. The zero-order valence-electron chi connectivity index (χ0n) is 7.45. The van der Waals surface area contributed by atoms with Crippen LogP contribution in [-0.4, -0.2) is 32.2 Å². The van der Waals surface area contributed by atoms with Gasteiger partial charge >= 0.3 is 0 Å². The van der Waals surface area contributed by atoms with Gasteiger partial charge in [-0.3, -0.25) is 0 Å². The number of fused-ring (bicyclic) bond motifs is 2. The Bertz CT molecular complexity index is 198. The van der Waals surface area contributed by atoms with Crippen LogP contribution < -0.4 is 0 Å². The van der Waals surface area contributed by atoms with Crippen molar-refractivity contribution in [3.8, 4) is 0 Å². The lowest BCUT2D eigenvalue weighted by Crippen LogP contribution is -2.41. The molecule has 2 aliphatic rings. The van der Waals surface area contributed by atoms with Gasteiger partial charge < -0.3 is 14.2 Å². The molecule has 3 nitrogen and oxygen atoms in total. The van der Waals surface area contributed by atoms with Crippen LogP contribution in [0.15, 0.2) is 12.2 Å². The fourth-order valence-corrected chi connectivity index (χ4v) is 2.04. The Morgan fingerprint density at radius 2 is 2.25 bits per heavy atom. The lowest BCUT2D eigenvalue weighted by molar-refractivity contribution is -0.199. The first kappa shape index (κ1) is 8.23. The minimum Gasteiger partial charge on any atom is -0.358 e. The largest absolute Gasteiger partial charge is 0.358 e.